The van der Waals surface area contributed by atoms with Gasteiger partial charge < -0.3 is 11.1 Å². The van der Waals surface area contributed by atoms with Gasteiger partial charge in [-0.1, -0.05) is 12.1 Å². The van der Waals surface area contributed by atoms with Crippen molar-refractivity contribution in [3.05, 3.63) is 24.3 Å². The van der Waals surface area contributed by atoms with Gasteiger partial charge in [0.15, 0.2) is 0 Å². The number of amides is 1. The van der Waals surface area contributed by atoms with Crippen LogP contribution in [0.25, 0.3) is 0 Å². The molecule has 1 saturated carbocycles. The van der Waals surface area contributed by atoms with Gasteiger partial charge in [-0.25, -0.2) is 13.1 Å². The van der Waals surface area contributed by atoms with E-state index in [0.29, 0.717) is 12.8 Å². The van der Waals surface area contributed by atoms with Gasteiger partial charge in [0, 0.05) is 0 Å². The van der Waals surface area contributed by atoms with Crippen LogP contribution in [0.4, 0.5) is 5.69 Å². The lowest BCUT2D eigenvalue weighted by atomic mass is 10.2. The van der Waals surface area contributed by atoms with Gasteiger partial charge in [-0.3, -0.25) is 4.79 Å². The van der Waals surface area contributed by atoms with Gasteiger partial charge in [-0.2, -0.15) is 0 Å². The van der Waals surface area contributed by atoms with Crippen LogP contribution in [0.5, 0.6) is 0 Å². The van der Waals surface area contributed by atoms with Crippen LogP contribution in [0.1, 0.15) is 12.8 Å². The molecule has 2 rings (SSSR count). The molecule has 0 aromatic heterocycles. The number of hydrogen-bond donors (Lipinski definition) is 3. The topological polar surface area (TPSA) is 101 Å². The van der Waals surface area contributed by atoms with E-state index >= 15 is 0 Å². The van der Waals surface area contributed by atoms with Crippen molar-refractivity contribution in [2.75, 3.05) is 12.4 Å². The fraction of sp³-hybridized carbons (Fsp3) is 0.364. The Bertz CT molecular complexity index is 579. The Morgan fingerprint density at radius 1 is 1.33 bits per heavy atom. The molecule has 0 aliphatic heterocycles. The Labute approximate surface area is 106 Å². The molecule has 1 aromatic carbocycles. The molecule has 7 heteroatoms. The highest BCUT2D eigenvalue weighted by atomic mass is 32.2. The average molecular weight is 269 g/mol. The Morgan fingerprint density at radius 3 is 2.50 bits per heavy atom. The summed E-state index contributed by atoms with van der Waals surface area (Å²) in [5.41, 5.74) is 5.16. The molecule has 1 aliphatic carbocycles. The number of carbonyl (C=O) groups excluding carboxylic acids is 1. The van der Waals surface area contributed by atoms with Crippen molar-refractivity contribution in [3.63, 3.8) is 0 Å². The smallest absolute Gasteiger partial charge is 0.244 e. The van der Waals surface area contributed by atoms with Gasteiger partial charge in [0.05, 0.1) is 11.2 Å². The minimum atomic E-state index is -3.61. The van der Waals surface area contributed by atoms with Crippen molar-refractivity contribution >= 4 is 21.6 Å². The van der Waals surface area contributed by atoms with Crippen LogP contribution in [0.3, 0.4) is 0 Å². The molecule has 0 bridgehead atoms. The predicted octanol–water partition coefficient (Wildman–Crippen LogP) is 0.0245. The highest BCUT2D eigenvalue weighted by Crippen LogP contribution is 2.34. The van der Waals surface area contributed by atoms with Gasteiger partial charge in [0.2, 0.25) is 15.9 Å². The van der Waals surface area contributed by atoms with Crippen molar-refractivity contribution in [2.45, 2.75) is 23.3 Å². The van der Waals surface area contributed by atoms with E-state index in [1.807, 2.05) is 0 Å². The van der Waals surface area contributed by atoms with E-state index in [-0.39, 0.29) is 16.5 Å². The van der Waals surface area contributed by atoms with Crippen molar-refractivity contribution in [3.8, 4) is 0 Å². The fourth-order valence-corrected chi connectivity index (χ4v) is 2.41. The van der Waals surface area contributed by atoms with Gasteiger partial charge in [-0.05, 0) is 32.0 Å². The third-order valence-electron chi connectivity index (χ3n) is 2.93. The predicted molar refractivity (Wildman–Crippen MR) is 67.5 cm³/mol. The molecule has 18 heavy (non-hydrogen) atoms. The van der Waals surface area contributed by atoms with Crippen molar-refractivity contribution in [1.29, 1.82) is 0 Å². The van der Waals surface area contributed by atoms with E-state index in [2.05, 4.69) is 10.0 Å². The summed E-state index contributed by atoms with van der Waals surface area (Å²) in [7, 11) is -2.29. The van der Waals surface area contributed by atoms with Crippen LogP contribution in [-0.2, 0) is 14.8 Å². The molecule has 0 atom stereocenters. The summed E-state index contributed by atoms with van der Waals surface area (Å²) in [4.78, 5) is 11.8. The maximum atomic E-state index is 11.8. The highest BCUT2D eigenvalue weighted by molar-refractivity contribution is 7.89. The van der Waals surface area contributed by atoms with Crippen LogP contribution >= 0.6 is 0 Å². The maximum Gasteiger partial charge on any atom is 0.244 e. The van der Waals surface area contributed by atoms with E-state index in [0.717, 1.165) is 0 Å². The number of rotatable bonds is 4. The lowest BCUT2D eigenvalue weighted by molar-refractivity contribution is -0.118. The fourth-order valence-electron chi connectivity index (χ4n) is 1.52. The van der Waals surface area contributed by atoms with E-state index in [1.54, 1.807) is 12.1 Å². The number of benzene rings is 1. The zero-order valence-corrected chi connectivity index (χ0v) is 10.8. The van der Waals surface area contributed by atoms with Crippen molar-refractivity contribution in [1.82, 2.24) is 4.72 Å². The third-order valence-corrected chi connectivity index (χ3v) is 4.41. The number of nitrogens with two attached hydrogens (primary N) is 1. The molecule has 0 spiro atoms. The van der Waals surface area contributed by atoms with Gasteiger partial charge >= 0.3 is 0 Å². The Morgan fingerprint density at radius 2 is 1.94 bits per heavy atom. The van der Waals surface area contributed by atoms with Crippen LogP contribution < -0.4 is 15.8 Å². The summed E-state index contributed by atoms with van der Waals surface area (Å²) in [6, 6.07) is 6.21. The molecular weight excluding hydrogens is 254 g/mol. The molecule has 1 aliphatic rings. The highest BCUT2D eigenvalue weighted by Gasteiger charge is 2.46. The summed E-state index contributed by atoms with van der Waals surface area (Å²) in [5.74, 6) is -0.346. The summed E-state index contributed by atoms with van der Waals surface area (Å²) < 4.78 is 25.8. The zero-order valence-electron chi connectivity index (χ0n) is 9.93. The van der Waals surface area contributed by atoms with E-state index in [9.17, 15) is 13.2 Å². The number of anilines is 1. The second-order valence-corrected chi connectivity index (χ2v) is 6.17. The van der Waals surface area contributed by atoms with Crippen LogP contribution in [0.15, 0.2) is 29.2 Å². The minimum Gasteiger partial charge on any atom is -0.323 e. The SMILES string of the molecule is CNS(=O)(=O)c1ccccc1NC(=O)C1(N)CC1. The average Bonchev–Trinajstić information content (AvgIpc) is 3.09. The zero-order chi connectivity index (χ0) is 13.4. The Kier molecular flexibility index (Phi) is 3.14. The number of sulfonamides is 1. The summed E-state index contributed by atoms with van der Waals surface area (Å²) in [6.07, 6.45) is 1.25. The second-order valence-electron chi connectivity index (χ2n) is 4.31. The molecule has 6 nitrogen and oxygen atoms in total. The molecule has 0 radical (unpaired) electrons. The number of hydrogen-bond acceptors (Lipinski definition) is 4. The first-order valence-corrected chi connectivity index (χ1v) is 7.00. The maximum absolute atomic E-state index is 11.8. The largest absolute Gasteiger partial charge is 0.323 e. The van der Waals surface area contributed by atoms with Gasteiger partial charge in [0.1, 0.15) is 4.90 Å². The minimum absolute atomic E-state index is 0.0325. The molecule has 4 N–H and O–H groups in total. The lowest BCUT2D eigenvalue weighted by Gasteiger charge is -2.13. The first kappa shape index (κ1) is 13.0. The normalized spacial score (nSPS) is 17.2. The number of nitrogens with one attached hydrogen (secondary N) is 2. The Hall–Kier alpha value is -1.44. The quantitative estimate of drug-likeness (QED) is 0.717. The molecule has 1 amide bonds. The second kappa shape index (κ2) is 4.34. The van der Waals surface area contributed by atoms with E-state index < -0.39 is 15.6 Å². The van der Waals surface area contributed by atoms with Crippen LogP contribution in [-0.4, -0.2) is 26.9 Å². The first-order valence-electron chi connectivity index (χ1n) is 5.52. The molecule has 0 saturated heterocycles. The summed E-state index contributed by atoms with van der Waals surface area (Å²) in [6.45, 7) is 0. The van der Waals surface area contributed by atoms with Gasteiger partial charge in [-0.15, -0.1) is 0 Å². The van der Waals surface area contributed by atoms with Crippen molar-refractivity contribution in [2.24, 2.45) is 5.73 Å². The van der Waals surface area contributed by atoms with Crippen LogP contribution in [0.2, 0.25) is 0 Å². The van der Waals surface area contributed by atoms with Gasteiger partial charge in [0.25, 0.3) is 0 Å². The molecule has 98 valence electrons. The molecule has 0 heterocycles. The molecule has 0 unspecified atom stereocenters. The third kappa shape index (κ3) is 2.38. The Balaban J connectivity index is 2.31. The summed E-state index contributed by atoms with van der Waals surface area (Å²) in [5, 5.41) is 2.57. The van der Waals surface area contributed by atoms with E-state index in [1.165, 1.54) is 19.2 Å². The first-order chi connectivity index (χ1) is 8.39. The van der Waals surface area contributed by atoms with E-state index in [4.69, 9.17) is 5.73 Å². The molecular formula is C11H15N3O3S. The molecule has 1 fully saturated rings. The van der Waals surface area contributed by atoms with Crippen molar-refractivity contribution < 1.29 is 13.2 Å². The summed E-state index contributed by atoms with van der Waals surface area (Å²) >= 11 is 0. The standard InChI is InChI=1S/C11H15N3O3S/c1-13-18(16,17)9-5-3-2-4-8(9)14-10(15)11(12)6-7-11/h2-5,13H,6-7,12H2,1H3,(H,14,15). The lowest BCUT2D eigenvalue weighted by Crippen LogP contribution is -2.38. The monoisotopic (exact) mass is 269 g/mol. The molecule has 1 aromatic rings. The number of para-hydroxylation sites is 1. The number of carbonyl (C=O) groups is 1. The van der Waals surface area contributed by atoms with Crippen LogP contribution in [0, 0.1) is 0 Å².